The van der Waals surface area contributed by atoms with E-state index in [9.17, 15) is 4.79 Å². The number of amides is 1. The standard InChI is InChI=1S/C11H14N6OS/c12-4-7-5-17(16-15-7)6-10(18)14-11-13-8-2-1-3-9(8)19-11/h5H,1-4,6,12H2,(H,13,14,18). The number of rotatable bonds is 4. The molecule has 2 heterocycles. The predicted molar refractivity (Wildman–Crippen MR) is 70.7 cm³/mol. The number of aromatic nitrogens is 4. The number of hydrogen-bond acceptors (Lipinski definition) is 6. The van der Waals surface area contributed by atoms with Crippen molar-refractivity contribution >= 4 is 22.4 Å². The molecule has 0 unspecified atom stereocenters. The Morgan fingerprint density at radius 2 is 2.42 bits per heavy atom. The average Bonchev–Trinajstić information content (AvgIpc) is 3.03. The van der Waals surface area contributed by atoms with Crippen LogP contribution in [0.15, 0.2) is 6.20 Å². The monoisotopic (exact) mass is 278 g/mol. The van der Waals surface area contributed by atoms with Gasteiger partial charge >= 0.3 is 0 Å². The molecule has 7 nitrogen and oxygen atoms in total. The van der Waals surface area contributed by atoms with E-state index in [1.165, 1.54) is 16.0 Å². The Labute approximate surface area is 113 Å². The summed E-state index contributed by atoms with van der Waals surface area (Å²) in [4.78, 5) is 17.6. The summed E-state index contributed by atoms with van der Waals surface area (Å²) in [6.45, 7) is 0.443. The number of nitrogens with one attached hydrogen (secondary N) is 1. The van der Waals surface area contributed by atoms with Gasteiger partial charge in [-0.2, -0.15) is 0 Å². The second-order valence-electron chi connectivity index (χ2n) is 4.40. The second-order valence-corrected chi connectivity index (χ2v) is 5.49. The van der Waals surface area contributed by atoms with Crippen LogP contribution in [0.25, 0.3) is 0 Å². The fourth-order valence-electron chi connectivity index (χ4n) is 2.06. The number of carbonyl (C=O) groups excluding carboxylic acids is 1. The average molecular weight is 278 g/mol. The van der Waals surface area contributed by atoms with Gasteiger partial charge in [0.2, 0.25) is 5.91 Å². The Kier molecular flexibility index (Phi) is 3.26. The first-order chi connectivity index (χ1) is 9.24. The number of aryl methyl sites for hydroxylation is 2. The van der Waals surface area contributed by atoms with E-state index in [1.54, 1.807) is 17.5 Å². The van der Waals surface area contributed by atoms with E-state index in [4.69, 9.17) is 5.73 Å². The highest BCUT2D eigenvalue weighted by Crippen LogP contribution is 2.30. The first-order valence-electron chi connectivity index (χ1n) is 6.12. The molecule has 1 aliphatic rings. The molecule has 0 fully saturated rings. The zero-order chi connectivity index (χ0) is 13.2. The van der Waals surface area contributed by atoms with Crippen LogP contribution in [-0.4, -0.2) is 25.9 Å². The summed E-state index contributed by atoms with van der Waals surface area (Å²) in [5, 5.41) is 11.1. The number of hydrogen-bond donors (Lipinski definition) is 2. The van der Waals surface area contributed by atoms with Crippen molar-refractivity contribution in [2.24, 2.45) is 5.73 Å². The van der Waals surface area contributed by atoms with Crippen molar-refractivity contribution < 1.29 is 4.79 Å². The number of fused-ring (bicyclic) bond motifs is 1. The van der Waals surface area contributed by atoms with E-state index in [0.29, 0.717) is 17.4 Å². The smallest absolute Gasteiger partial charge is 0.247 e. The van der Waals surface area contributed by atoms with Crippen LogP contribution in [0.5, 0.6) is 0 Å². The molecule has 0 saturated heterocycles. The van der Waals surface area contributed by atoms with Crippen LogP contribution in [0.1, 0.15) is 22.7 Å². The molecule has 0 bridgehead atoms. The van der Waals surface area contributed by atoms with Crippen molar-refractivity contribution in [2.45, 2.75) is 32.4 Å². The van der Waals surface area contributed by atoms with Gasteiger partial charge in [0.15, 0.2) is 5.13 Å². The largest absolute Gasteiger partial charge is 0.325 e. The number of carbonyl (C=O) groups is 1. The lowest BCUT2D eigenvalue weighted by Crippen LogP contribution is -2.19. The third-order valence-corrected chi connectivity index (χ3v) is 4.02. The molecule has 2 aromatic rings. The quantitative estimate of drug-likeness (QED) is 0.839. The van der Waals surface area contributed by atoms with E-state index in [-0.39, 0.29) is 12.5 Å². The number of nitrogens with zero attached hydrogens (tertiary/aromatic N) is 4. The summed E-state index contributed by atoms with van der Waals surface area (Å²) < 4.78 is 1.47. The van der Waals surface area contributed by atoms with Crippen molar-refractivity contribution in [2.75, 3.05) is 5.32 Å². The van der Waals surface area contributed by atoms with Crippen molar-refractivity contribution in [1.82, 2.24) is 20.0 Å². The number of anilines is 1. The van der Waals surface area contributed by atoms with Crippen molar-refractivity contribution in [3.05, 3.63) is 22.5 Å². The van der Waals surface area contributed by atoms with E-state index in [2.05, 4.69) is 20.6 Å². The molecule has 0 aliphatic heterocycles. The van der Waals surface area contributed by atoms with Crippen LogP contribution in [0.4, 0.5) is 5.13 Å². The first-order valence-corrected chi connectivity index (χ1v) is 6.94. The maximum atomic E-state index is 11.8. The molecule has 1 aliphatic carbocycles. The van der Waals surface area contributed by atoms with Crippen LogP contribution < -0.4 is 11.1 Å². The highest BCUT2D eigenvalue weighted by molar-refractivity contribution is 7.15. The Morgan fingerprint density at radius 1 is 1.53 bits per heavy atom. The van der Waals surface area contributed by atoms with Gasteiger partial charge in [-0.1, -0.05) is 5.21 Å². The molecule has 2 aromatic heterocycles. The summed E-state index contributed by atoms with van der Waals surface area (Å²) in [7, 11) is 0. The molecule has 3 rings (SSSR count). The summed E-state index contributed by atoms with van der Waals surface area (Å²) in [5.41, 5.74) is 7.23. The van der Waals surface area contributed by atoms with Gasteiger partial charge in [-0.15, -0.1) is 16.4 Å². The lowest BCUT2D eigenvalue weighted by Gasteiger charge is -2.01. The van der Waals surface area contributed by atoms with E-state index >= 15 is 0 Å². The van der Waals surface area contributed by atoms with Gasteiger partial charge in [-0.05, 0) is 19.3 Å². The molecule has 0 spiro atoms. The highest BCUT2D eigenvalue weighted by Gasteiger charge is 2.17. The predicted octanol–water partition coefficient (Wildman–Crippen LogP) is 0.321. The van der Waals surface area contributed by atoms with Crippen molar-refractivity contribution in [1.29, 1.82) is 0 Å². The molecule has 19 heavy (non-hydrogen) atoms. The molecule has 1 amide bonds. The lowest BCUT2D eigenvalue weighted by molar-refractivity contribution is -0.116. The van der Waals surface area contributed by atoms with E-state index in [0.717, 1.165) is 18.5 Å². The Morgan fingerprint density at radius 3 is 3.16 bits per heavy atom. The van der Waals surface area contributed by atoms with Crippen LogP contribution in [0, 0.1) is 0 Å². The zero-order valence-corrected chi connectivity index (χ0v) is 11.1. The van der Waals surface area contributed by atoms with Gasteiger partial charge in [-0.3, -0.25) is 4.79 Å². The molecule has 0 saturated carbocycles. The number of thiazole rings is 1. The summed E-state index contributed by atoms with van der Waals surface area (Å²) in [6.07, 6.45) is 4.93. The SMILES string of the molecule is NCc1cn(CC(=O)Nc2nc3c(s2)CCC3)nn1. The number of nitrogens with two attached hydrogens (primary N) is 1. The molecule has 100 valence electrons. The van der Waals surface area contributed by atoms with Crippen molar-refractivity contribution in [3.8, 4) is 0 Å². The third kappa shape index (κ3) is 2.64. The van der Waals surface area contributed by atoms with Gasteiger partial charge in [0.05, 0.1) is 17.6 Å². The maximum absolute atomic E-state index is 11.8. The minimum absolute atomic E-state index is 0.122. The topological polar surface area (TPSA) is 98.7 Å². The van der Waals surface area contributed by atoms with Gasteiger partial charge in [0, 0.05) is 11.4 Å². The molecule has 8 heteroatoms. The minimum atomic E-state index is -0.152. The van der Waals surface area contributed by atoms with Crippen LogP contribution in [-0.2, 0) is 30.7 Å². The van der Waals surface area contributed by atoms with Gasteiger partial charge in [0.25, 0.3) is 0 Å². The normalized spacial score (nSPS) is 13.5. The van der Waals surface area contributed by atoms with E-state index in [1.807, 2.05) is 0 Å². The molecular weight excluding hydrogens is 264 g/mol. The first kappa shape index (κ1) is 12.2. The summed E-state index contributed by atoms with van der Waals surface area (Å²) >= 11 is 1.56. The summed E-state index contributed by atoms with van der Waals surface area (Å²) in [5.74, 6) is -0.152. The summed E-state index contributed by atoms with van der Waals surface area (Å²) in [6, 6.07) is 0. The van der Waals surface area contributed by atoms with Crippen molar-refractivity contribution in [3.63, 3.8) is 0 Å². The molecule has 0 radical (unpaired) electrons. The molecule has 3 N–H and O–H groups in total. The maximum Gasteiger partial charge on any atom is 0.247 e. The molecule has 0 aromatic carbocycles. The van der Waals surface area contributed by atoms with Crippen LogP contribution in [0.2, 0.25) is 0 Å². The Balaban J connectivity index is 1.61. The fraction of sp³-hybridized carbons (Fsp3) is 0.455. The Hall–Kier alpha value is -1.80. The van der Waals surface area contributed by atoms with Crippen LogP contribution in [0.3, 0.4) is 0 Å². The fourth-order valence-corrected chi connectivity index (χ4v) is 3.13. The van der Waals surface area contributed by atoms with Gasteiger partial charge < -0.3 is 11.1 Å². The third-order valence-electron chi connectivity index (χ3n) is 2.94. The highest BCUT2D eigenvalue weighted by atomic mass is 32.1. The van der Waals surface area contributed by atoms with Crippen LogP contribution >= 0.6 is 11.3 Å². The van der Waals surface area contributed by atoms with E-state index < -0.39 is 0 Å². The van der Waals surface area contributed by atoms with Gasteiger partial charge in [-0.25, -0.2) is 9.67 Å². The molecular formula is C11H14N6OS. The lowest BCUT2D eigenvalue weighted by atomic mass is 10.4. The second kappa shape index (κ2) is 5.06. The molecule has 0 atom stereocenters. The zero-order valence-electron chi connectivity index (χ0n) is 10.3. The minimum Gasteiger partial charge on any atom is -0.325 e. The Bertz CT molecular complexity index is 583. The van der Waals surface area contributed by atoms with Gasteiger partial charge in [0.1, 0.15) is 6.54 Å².